The second-order valence-electron chi connectivity index (χ2n) is 8.81. The van der Waals surface area contributed by atoms with Gasteiger partial charge in [0.1, 0.15) is 23.6 Å². The lowest BCUT2D eigenvalue weighted by Gasteiger charge is -2.28. The van der Waals surface area contributed by atoms with E-state index >= 15 is 0 Å². The maximum atomic E-state index is 13.1. The van der Waals surface area contributed by atoms with Crippen LogP contribution in [0.5, 0.6) is 0 Å². The second kappa shape index (κ2) is 9.35. The van der Waals surface area contributed by atoms with Crippen molar-refractivity contribution in [3.8, 4) is 0 Å². The predicted molar refractivity (Wildman–Crippen MR) is 138 cm³/mol. The van der Waals surface area contributed by atoms with Crippen molar-refractivity contribution in [2.24, 2.45) is 4.99 Å². The van der Waals surface area contributed by atoms with Crippen molar-refractivity contribution in [2.45, 2.75) is 13.1 Å². The molecule has 0 fully saturated rings. The van der Waals surface area contributed by atoms with E-state index in [2.05, 4.69) is 30.7 Å². The Balaban J connectivity index is 1.31. The SMILES string of the molecule is Cc1ccc(NC(=O)c2cc(C(F)(F)F)ccn2)cc1C1=Cc2cnc(Nc3ccon3)nc2N2CCN=C12. The van der Waals surface area contributed by atoms with Crippen LogP contribution in [0.15, 0.2) is 64.6 Å². The minimum Gasteiger partial charge on any atom is -0.363 e. The molecule has 0 spiro atoms. The number of rotatable bonds is 5. The first-order chi connectivity index (χ1) is 18.8. The molecular formula is C26H19F3N8O2. The molecule has 0 saturated carbocycles. The molecule has 196 valence electrons. The topological polar surface area (TPSA) is 121 Å². The number of halogens is 3. The number of aliphatic imine (C=N–C) groups is 1. The van der Waals surface area contributed by atoms with Gasteiger partial charge in [0, 0.05) is 41.8 Å². The number of hydrogen-bond donors (Lipinski definition) is 2. The number of aromatic nitrogens is 4. The van der Waals surface area contributed by atoms with E-state index in [4.69, 9.17) is 9.52 Å². The summed E-state index contributed by atoms with van der Waals surface area (Å²) in [6.45, 7) is 3.11. The lowest BCUT2D eigenvalue weighted by Crippen LogP contribution is -2.32. The van der Waals surface area contributed by atoms with E-state index in [9.17, 15) is 18.0 Å². The number of fused-ring (bicyclic) bond motifs is 3. The maximum absolute atomic E-state index is 13.1. The number of nitrogens with one attached hydrogen (secondary N) is 2. The number of anilines is 4. The number of pyridine rings is 1. The van der Waals surface area contributed by atoms with E-state index in [0.717, 1.165) is 46.4 Å². The van der Waals surface area contributed by atoms with Crippen LogP contribution >= 0.6 is 0 Å². The Morgan fingerprint density at radius 2 is 2.00 bits per heavy atom. The van der Waals surface area contributed by atoms with Crippen molar-refractivity contribution in [2.75, 3.05) is 28.6 Å². The zero-order valence-electron chi connectivity index (χ0n) is 20.3. The van der Waals surface area contributed by atoms with Gasteiger partial charge < -0.3 is 20.1 Å². The number of amides is 1. The number of aryl methyl sites for hydroxylation is 1. The molecule has 0 bridgehead atoms. The number of nitrogens with zero attached hydrogens (tertiary/aromatic N) is 6. The van der Waals surface area contributed by atoms with Gasteiger partial charge in [-0.25, -0.2) is 4.98 Å². The van der Waals surface area contributed by atoms with Gasteiger partial charge in [0.2, 0.25) is 5.95 Å². The molecule has 3 aromatic heterocycles. The highest BCUT2D eigenvalue weighted by atomic mass is 19.4. The van der Waals surface area contributed by atoms with Crippen molar-refractivity contribution < 1.29 is 22.5 Å². The first kappa shape index (κ1) is 24.3. The summed E-state index contributed by atoms with van der Waals surface area (Å²) in [6, 6.07) is 8.46. The van der Waals surface area contributed by atoms with Crippen molar-refractivity contribution >= 4 is 46.7 Å². The molecule has 13 heteroatoms. The van der Waals surface area contributed by atoms with E-state index in [1.54, 1.807) is 24.4 Å². The van der Waals surface area contributed by atoms with Gasteiger partial charge in [-0.05, 0) is 48.4 Å². The summed E-state index contributed by atoms with van der Waals surface area (Å²) in [6.07, 6.45) is 1.45. The van der Waals surface area contributed by atoms with Crippen molar-refractivity contribution in [1.82, 2.24) is 20.1 Å². The number of carbonyl (C=O) groups is 1. The third-order valence-electron chi connectivity index (χ3n) is 6.22. The van der Waals surface area contributed by atoms with Gasteiger partial charge in [-0.3, -0.25) is 14.8 Å². The van der Waals surface area contributed by atoms with Crippen LogP contribution in [-0.2, 0) is 6.18 Å². The van der Waals surface area contributed by atoms with Crippen molar-refractivity contribution in [1.29, 1.82) is 0 Å². The van der Waals surface area contributed by atoms with E-state index in [-0.39, 0.29) is 5.69 Å². The van der Waals surface area contributed by atoms with Crippen LogP contribution in [0.2, 0.25) is 0 Å². The monoisotopic (exact) mass is 532 g/mol. The first-order valence-corrected chi connectivity index (χ1v) is 11.8. The van der Waals surface area contributed by atoms with Gasteiger partial charge in [-0.1, -0.05) is 11.2 Å². The smallest absolute Gasteiger partial charge is 0.363 e. The number of alkyl halides is 3. The fourth-order valence-electron chi connectivity index (χ4n) is 4.37. The van der Waals surface area contributed by atoms with E-state index in [1.165, 1.54) is 6.26 Å². The van der Waals surface area contributed by atoms with Crippen LogP contribution in [0.3, 0.4) is 0 Å². The first-order valence-electron chi connectivity index (χ1n) is 11.8. The molecule has 2 aliphatic rings. The maximum Gasteiger partial charge on any atom is 0.416 e. The van der Waals surface area contributed by atoms with Gasteiger partial charge in [-0.15, -0.1) is 0 Å². The summed E-state index contributed by atoms with van der Waals surface area (Å²) >= 11 is 0. The van der Waals surface area contributed by atoms with Crippen LogP contribution in [0.1, 0.15) is 32.7 Å². The van der Waals surface area contributed by atoms with E-state index in [0.29, 0.717) is 36.4 Å². The Morgan fingerprint density at radius 1 is 1.13 bits per heavy atom. The summed E-state index contributed by atoms with van der Waals surface area (Å²) in [5.41, 5.74) is 2.42. The molecule has 1 aromatic carbocycles. The summed E-state index contributed by atoms with van der Waals surface area (Å²) in [7, 11) is 0. The molecule has 39 heavy (non-hydrogen) atoms. The Hall–Kier alpha value is -5.07. The molecule has 0 radical (unpaired) electrons. The van der Waals surface area contributed by atoms with Crippen LogP contribution in [0.4, 0.5) is 36.4 Å². The summed E-state index contributed by atoms with van der Waals surface area (Å²) in [5, 5.41) is 9.46. The lowest BCUT2D eigenvalue weighted by molar-refractivity contribution is -0.137. The van der Waals surface area contributed by atoms with Gasteiger partial charge >= 0.3 is 6.18 Å². The zero-order valence-corrected chi connectivity index (χ0v) is 20.3. The minimum absolute atomic E-state index is 0.337. The predicted octanol–water partition coefficient (Wildman–Crippen LogP) is 4.96. The number of amidine groups is 1. The molecule has 4 aromatic rings. The van der Waals surface area contributed by atoms with Crippen LogP contribution in [0, 0.1) is 6.92 Å². The quantitative estimate of drug-likeness (QED) is 0.370. The molecule has 10 nitrogen and oxygen atoms in total. The highest BCUT2D eigenvalue weighted by molar-refractivity contribution is 6.36. The summed E-state index contributed by atoms with van der Waals surface area (Å²) in [4.78, 5) is 32.3. The average molecular weight is 532 g/mol. The average Bonchev–Trinajstić information content (AvgIpc) is 3.62. The lowest BCUT2D eigenvalue weighted by atomic mass is 9.94. The molecular weight excluding hydrogens is 513 g/mol. The number of hydrogen-bond acceptors (Lipinski definition) is 9. The third-order valence-corrected chi connectivity index (χ3v) is 6.22. The van der Waals surface area contributed by atoms with Gasteiger partial charge in [0.15, 0.2) is 5.82 Å². The summed E-state index contributed by atoms with van der Waals surface area (Å²) < 4.78 is 44.1. The Kier molecular flexibility index (Phi) is 5.82. The molecule has 2 aliphatic heterocycles. The van der Waals surface area contributed by atoms with Crippen LogP contribution < -0.4 is 15.5 Å². The van der Waals surface area contributed by atoms with Gasteiger partial charge in [0.25, 0.3) is 5.91 Å². The normalized spacial score (nSPS) is 14.3. The molecule has 2 N–H and O–H groups in total. The fourth-order valence-corrected chi connectivity index (χ4v) is 4.37. The molecule has 1 amide bonds. The van der Waals surface area contributed by atoms with Crippen LogP contribution in [0.25, 0.3) is 11.6 Å². The minimum atomic E-state index is -4.58. The highest BCUT2D eigenvalue weighted by Crippen LogP contribution is 2.37. The van der Waals surface area contributed by atoms with Crippen molar-refractivity contribution in [3.05, 3.63) is 83.0 Å². The molecule has 0 aliphatic carbocycles. The molecule has 0 atom stereocenters. The second-order valence-corrected chi connectivity index (χ2v) is 8.81. The van der Waals surface area contributed by atoms with Crippen molar-refractivity contribution in [3.63, 3.8) is 0 Å². The largest absolute Gasteiger partial charge is 0.416 e. The number of carbonyl (C=O) groups excluding carboxylic acids is 1. The Labute approximate surface area is 219 Å². The van der Waals surface area contributed by atoms with E-state index in [1.807, 2.05) is 24.0 Å². The Morgan fingerprint density at radius 3 is 2.79 bits per heavy atom. The fraction of sp³-hybridized carbons (Fsp3) is 0.154. The molecule has 0 saturated heterocycles. The van der Waals surface area contributed by atoms with Gasteiger partial charge in [0.05, 0.1) is 12.1 Å². The standard InChI is InChI=1S/C26H19F3N8O2/c1-14-2-3-17(33-24(38)20-11-16(4-6-30-20)26(27,28)29)12-18(14)19-10-15-13-32-25(34-21-5-9-39-36-21)35-22(15)37-8-7-31-23(19)37/h2-6,9-13H,7-8H2,1H3,(H,33,38)(H,32,34,35,36). The molecule has 5 heterocycles. The number of benzene rings is 1. The molecule has 6 rings (SSSR count). The van der Waals surface area contributed by atoms with Crippen LogP contribution in [-0.4, -0.2) is 44.9 Å². The van der Waals surface area contributed by atoms with E-state index < -0.39 is 17.6 Å². The van der Waals surface area contributed by atoms with Gasteiger partial charge in [-0.2, -0.15) is 18.2 Å². The summed E-state index contributed by atoms with van der Waals surface area (Å²) in [5.74, 6) is 1.50. The highest BCUT2D eigenvalue weighted by Gasteiger charge is 2.32. The molecule has 0 unspecified atom stereocenters. The third kappa shape index (κ3) is 4.69. The zero-order chi connectivity index (χ0) is 27.1. The Bertz CT molecular complexity index is 1650.